The van der Waals surface area contributed by atoms with Crippen LogP contribution in [0.25, 0.3) is 0 Å². The fourth-order valence-corrected chi connectivity index (χ4v) is 2.68. The first kappa shape index (κ1) is 17.3. The molecule has 0 atom stereocenters. The number of nitrogens with zero attached hydrogens (tertiary/aromatic N) is 2. The second-order valence-electron chi connectivity index (χ2n) is 5.30. The summed E-state index contributed by atoms with van der Waals surface area (Å²) in [5.74, 6) is 0.681. The molecule has 1 N–H and O–H groups in total. The first-order valence-corrected chi connectivity index (χ1v) is 8.24. The summed E-state index contributed by atoms with van der Waals surface area (Å²) in [5.41, 5.74) is 1.40. The van der Waals surface area contributed by atoms with E-state index >= 15 is 0 Å². The standard InChI is InChI=1S/C18H15Cl2N3O2/c1-25-14-8-6-12(7-9-14)18(24)21-17-16(20)11-23(22-17)10-13-4-2-3-5-15(13)19/h2-9,11H,10H2,1H3,(H,21,22,24). The SMILES string of the molecule is COc1ccc(C(=O)Nc2nn(Cc3ccccc3Cl)cc2Cl)cc1. The fraction of sp³-hybridized carbons (Fsp3) is 0.111. The van der Waals surface area contributed by atoms with Crippen LogP contribution in [-0.2, 0) is 6.54 Å². The van der Waals surface area contributed by atoms with E-state index in [9.17, 15) is 4.79 Å². The van der Waals surface area contributed by atoms with Crippen molar-refractivity contribution in [2.24, 2.45) is 0 Å². The molecule has 0 fully saturated rings. The normalized spacial score (nSPS) is 10.5. The number of aromatic nitrogens is 2. The molecule has 0 radical (unpaired) electrons. The Morgan fingerprint density at radius 2 is 1.84 bits per heavy atom. The Morgan fingerprint density at radius 1 is 1.12 bits per heavy atom. The molecule has 3 rings (SSSR count). The lowest BCUT2D eigenvalue weighted by atomic mass is 10.2. The van der Waals surface area contributed by atoms with Crippen LogP contribution in [0.5, 0.6) is 5.75 Å². The highest BCUT2D eigenvalue weighted by Gasteiger charge is 2.13. The van der Waals surface area contributed by atoms with Crippen molar-refractivity contribution in [1.82, 2.24) is 9.78 Å². The number of carbonyl (C=O) groups excluding carboxylic acids is 1. The molecule has 128 valence electrons. The molecule has 7 heteroatoms. The maximum absolute atomic E-state index is 12.3. The monoisotopic (exact) mass is 375 g/mol. The Kier molecular flexibility index (Phi) is 5.26. The van der Waals surface area contributed by atoms with Crippen LogP contribution >= 0.6 is 23.2 Å². The average Bonchev–Trinajstić information content (AvgIpc) is 2.96. The number of anilines is 1. The van der Waals surface area contributed by atoms with Gasteiger partial charge in [0.15, 0.2) is 5.82 Å². The van der Waals surface area contributed by atoms with E-state index in [0.29, 0.717) is 33.7 Å². The summed E-state index contributed by atoms with van der Waals surface area (Å²) in [6, 6.07) is 14.3. The van der Waals surface area contributed by atoms with Crippen molar-refractivity contribution < 1.29 is 9.53 Å². The molecule has 3 aromatic rings. The van der Waals surface area contributed by atoms with Crippen LogP contribution in [0.4, 0.5) is 5.82 Å². The zero-order valence-electron chi connectivity index (χ0n) is 13.4. The molecule has 1 aromatic heterocycles. The minimum atomic E-state index is -0.299. The van der Waals surface area contributed by atoms with Crippen molar-refractivity contribution >= 4 is 34.9 Å². The van der Waals surface area contributed by atoms with Crippen molar-refractivity contribution in [2.75, 3.05) is 12.4 Å². The van der Waals surface area contributed by atoms with E-state index in [4.69, 9.17) is 27.9 Å². The summed E-state index contributed by atoms with van der Waals surface area (Å²) < 4.78 is 6.71. The highest BCUT2D eigenvalue weighted by atomic mass is 35.5. The smallest absolute Gasteiger partial charge is 0.256 e. The van der Waals surface area contributed by atoms with Gasteiger partial charge in [0.1, 0.15) is 10.8 Å². The Balaban J connectivity index is 1.73. The Bertz CT molecular complexity index is 892. The molecule has 25 heavy (non-hydrogen) atoms. The Morgan fingerprint density at radius 3 is 2.52 bits per heavy atom. The zero-order valence-corrected chi connectivity index (χ0v) is 14.9. The number of ether oxygens (including phenoxy) is 1. The summed E-state index contributed by atoms with van der Waals surface area (Å²) in [6.45, 7) is 0.456. The van der Waals surface area contributed by atoms with Crippen LogP contribution in [0.2, 0.25) is 10.0 Å². The van der Waals surface area contributed by atoms with Gasteiger partial charge in [0.05, 0.1) is 13.7 Å². The molecule has 0 aliphatic carbocycles. The van der Waals surface area contributed by atoms with E-state index in [2.05, 4.69) is 10.4 Å². The maximum atomic E-state index is 12.3. The largest absolute Gasteiger partial charge is 0.497 e. The van der Waals surface area contributed by atoms with Gasteiger partial charge in [0.2, 0.25) is 0 Å². The van der Waals surface area contributed by atoms with Crippen LogP contribution < -0.4 is 10.1 Å². The third-order valence-electron chi connectivity index (χ3n) is 3.59. The molecule has 0 aliphatic rings. The summed E-state index contributed by atoms with van der Waals surface area (Å²) in [4.78, 5) is 12.3. The number of rotatable bonds is 5. The average molecular weight is 376 g/mol. The molecular formula is C18H15Cl2N3O2. The van der Waals surface area contributed by atoms with Gasteiger partial charge >= 0.3 is 0 Å². The fourth-order valence-electron chi connectivity index (χ4n) is 2.29. The number of nitrogens with one attached hydrogen (secondary N) is 1. The van der Waals surface area contributed by atoms with Gasteiger partial charge in [-0.15, -0.1) is 0 Å². The van der Waals surface area contributed by atoms with Gasteiger partial charge < -0.3 is 10.1 Å². The molecule has 0 bridgehead atoms. The highest BCUT2D eigenvalue weighted by molar-refractivity contribution is 6.33. The second kappa shape index (κ2) is 7.59. The summed E-state index contributed by atoms with van der Waals surface area (Å²) >= 11 is 12.3. The Hall–Kier alpha value is -2.50. The quantitative estimate of drug-likeness (QED) is 0.714. The van der Waals surface area contributed by atoms with E-state index in [1.54, 1.807) is 42.3 Å². The van der Waals surface area contributed by atoms with Crippen LogP contribution in [-0.4, -0.2) is 22.8 Å². The molecular weight excluding hydrogens is 361 g/mol. The van der Waals surface area contributed by atoms with Crippen molar-refractivity contribution in [1.29, 1.82) is 0 Å². The molecule has 0 saturated carbocycles. The molecule has 1 amide bonds. The molecule has 5 nitrogen and oxygen atoms in total. The molecule has 1 heterocycles. The minimum Gasteiger partial charge on any atom is -0.497 e. The van der Waals surface area contributed by atoms with Crippen molar-refractivity contribution in [3.8, 4) is 5.75 Å². The molecule has 0 aliphatic heterocycles. The zero-order chi connectivity index (χ0) is 17.8. The molecule has 0 spiro atoms. The maximum Gasteiger partial charge on any atom is 0.256 e. The van der Waals surface area contributed by atoms with Gasteiger partial charge in [0.25, 0.3) is 5.91 Å². The van der Waals surface area contributed by atoms with E-state index in [-0.39, 0.29) is 5.91 Å². The lowest BCUT2D eigenvalue weighted by Crippen LogP contribution is -2.13. The first-order valence-electron chi connectivity index (χ1n) is 7.48. The summed E-state index contributed by atoms with van der Waals surface area (Å²) in [6.07, 6.45) is 1.65. The predicted molar refractivity (Wildman–Crippen MR) is 98.7 cm³/mol. The third kappa shape index (κ3) is 4.13. The lowest BCUT2D eigenvalue weighted by Gasteiger charge is -2.05. The molecule has 0 saturated heterocycles. The number of amides is 1. The molecule has 2 aromatic carbocycles. The van der Waals surface area contributed by atoms with Crippen LogP contribution in [0.1, 0.15) is 15.9 Å². The van der Waals surface area contributed by atoms with E-state index in [1.165, 1.54) is 0 Å². The molecule has 0 unspecified atom stereocenters. The number of hydrogen-bond donors (Lipinski definition) is 1. The number of halogens is 2. The van der Waals surface area contributed by atoms with Crippen LogP contribution in [0.15, 0.2) is 54.7 Å². The summed E-state index contributed by atoms with van der Waals surface area (Å²) in [5, 5.41) is 8.03. The van der Waals surface area contributed by atoms with Crippen LogP contribution in [0, 0.1) is 0 Å². The number of benzene rings is 2. The first-order chi connectivity index (χ1) is 12.1. The van der Waals surface area contributed by atoms with Gasteiger partial charge in [0, 0.05) is 16.8 Å². The van der Waals surface area contributed by atoms with Crippen molar-refractivity contribution in [3.63, 3.8) is 0 Å². The van der Waals surface area contributed by atoms with Gasteiger partial charge in [-0.3, -0.25) is 9.48 Å². The Labute approximate surface area is 155 Å². The van der Waals surface area contributed by atoms with Crippen LogP contribution in [0.3, 0.4) is 0 Å². The topological polar surface area (TPSA) is 56.1 Å². The highest BCUT2D eigenvalue weighted by Crippen LogP contribution is 2.23. The van der Waals surface area contributed by atoms with E-state index < -0.39 is 0 Å². The van der Waals surface area contributed by atoms with Gasteiger partial charge in [-0.2, -0.15) is 5.10 Å². The van der Waals surface area contributed by atoms with Gasteiger partial charge in [-0.25, -0.2) is 0 Å². The van der Waals surface area contributed by atoms with Gasteiger partial charge in [-0.1, -0.05) is 41.4 Å². The number of carbonyl (C=O) groups is 1. The van der Waals surface area contributed by atoms with Crippen molar-refractivity contribution in [2.45, 2.75) is 6.54 Å². The number of hydrogen-bond acceptors (Lipinski definition) is 3. The third-order valence-corrected chi connectivity index (χ3v) is 4.24. The number of methoxy groups -OCH3 is 1. The van der Waals surface area contributed by atoms with E-state index in [1.807, 2.05) is 24.3 Å². The van der Waals surface area contributed by atoms with Gasteiger partial charge in [-0.05, 0) is 35.9 Å². The summed E-state index contributed by atoms with van der Waals surface area (Å²) in [7, 11) is 1.57. The minimum absolute atomic E-state index is 0.299. The lowest BCUT2D eigenvalue weighted by molar-refractivity contribution is 0.102. The predicted octanol–water partition coefficient (Wildman–Crippen LogP) is 4.50. The van der Waals surface area contributed by atoms with E-state index in [0.717, 1.165) is 5.56 Å². The van der Waals surface area contributed by atoms with Crippen molar-refractivity contribution in [3.05, 3.63) is 75.9 Å². The second-order valence-corrected chi connectivity index (χ2v) is 6.11.